The number of rotatable bonds is 3. The minimum Gasteiger partial charge on any atom is -0.393 e. The number of carbonyl (C=O) groups is 1. The molecule has 32 heavy (non-hydrogen) atoms. The highest BCUT2D eigenvalue weighted by atomic mass is 16.3. The summed E-state index contributed by atoms with van der Waals surface area (Å²) in [5.41, 5.74) is 8.94. The van der Waals surface area contributed by atoms with E-state index in [4.69, 9.17) is 15.8 Å². The Kier molecular flexibility index (Phi) is 5.84. The van der Waals surface area contributed by atoms with Crippen LogP contribution in [0.2, 0.25) is 0 Å². The molecule has 4 heterocycles. The maximum Gasteiger partial charge on any atom is 0.226 e. The fourth-order valence-corrected chi connectivity index (χ4v) is 5.84. The summed E-state index contributed by atoms with van der Waals surface area (Å²) in [5, 5.41) is 15.0. The van der Waals surface area contributed by atoms with Crippen LogP contribution in [0, 0.1) is 18.8 Å². The molecule has 0 bridgehead atoms. The van der Waals surface area contributed by atoms with Gasteiger partial charge in [-0.25, -0.2) is 9.50 Å². The van der Waals surface area contributed by atoms with Crippen LogP contribution in [0.1, 0.15) is 69.2 Å². The molecule has 1 aliphatic carbocycles. The summed E-state index contributed by atoms with van der Waals surface area (Å²) in [4.78, 5) is 22.8. The van der Waals surface area contributed by atoms with E-state index in [0.29, 0.717) is 12.3 Å². The number of aliphatic hydroxyl groups is 1. The zero-order chi connectivity index (χ0) is 22.4. The number of likely N-dealkylation sites (tertiary alicyclic amines) is 1. The minimum atomic E-state index is -0.358. The van der Waals surface area contributed by atoms with Crippen LogP contribution in [0.25, 0.3) is 5.65 Å². The molecule has 8 heteroatoms. The summed E-state index contributed by atoms with van der Waals surface area (Å²) in [6, 6.07) is 2.23. The molecule has 2 aromatic heterocycles. The second kappa shape index (κ2) is 8.63. The molecular formula is C24H36N6O2. The van der Waals surface area contributed by atoms with Crippen molar-refractivity contribution in [3.63, 3.8) is 0 Å². The molecule has 1 amide bonds. The summed E-state index contributed by atoms with van der Waals surface area (Å²) in [6.45, 7) is 6.75. The summed E-state index contributed by atoms with van der Waals surface area (Å²) in [5.74, 6) is 1.39. The van der Waals surface area contributed by atoms with Gasteiger partial charge in [0.05, 0.1) is 17.8 Å². The molecule has 2 saturated heterocycles. The Labute approximate surface area is 189 Å². The smallest absolute Gasteiger partial charge is 0.226 e. The molecule has 3 aliphatic rings. The quantitative estimate of drug-likeness (QED) is 0.760. The zero-order valence-electron chi connectivity index (χ0n) is 19.3. The zero-order valence-corrected chi connectivity index (χ0v) is 19.3. The molecule has 0 spiro atoms. The first kappa shape index (κ1) is 21.6. The van der Waals surface area contributed by atoms with E-state index >= 15 is 0 Å². The van der Waals surface area contributed by atoms with Crippen molar-refractivity contribution in [2.24, 2.45) is 17.6 Å². The standard InChI is InChI=1S/C24H36N6O2/c1-15-6-7-18(31)11-19(15)24(32)29-9-4-3-5-21(29)20-12-22-26-23(16(2)13-30(22)27-20)28-10-8-17(25)14-28/h12-13,15,17-19,21,31H,3-11,14,25H2,1-2H3/t15?,17-,18?,19?,21-/m0/s1. The van der Waals surface area contributed by atoms with Gasteiger partial charge in [-0.3, -0.25) is 4.79 Å². The number of nitrogens with zero attached hydrogens (tertiary/aromatic N) is 5. The predicted octanol–water partition coefficient (Wildman–Crippen LogP) is 2.43. The lowest BCUT2D eigenvalue weighted by atomic mass is 9.77. The lowest BCUT2D eigenvalue weighted by Gasteiger charge is -2.40. The molecule has 1 saturated carbocycles. The first-order valence-electron chi connectivity index (χ1n) is 12.3. The van der Waals surface area contributed by atoms with Crippen LogP contribution >= 0.6 is 0 Å². The molecule has 2 aliphatic heterocycles. The van der Waals surface area contributed by atoms with Crippen LogP contribution in [-0.4, -0.2) is 62.3 Å². The highest BCUT2D eigenvalue weighted by Crippen LogP contribution is 2.37. The van der Waals surface area contributed by atoms with Crippen LogP contribution in [-0.2, 0) is 4.79 Å². The van der Waals surface area contributed by atoms with E-state index in [1.807, 2.05) is 21.7 Å². The van der Waals surface area contributed by atoms with Gasteiger partial charge in [-0.2, -0.15) is 5.10 Å². The van der Waals surface area contributed by atoms with Gasteiger partial charge in [0, 0.05) is 49.4 Å². The highest BCUT2D eigenvalue weighted by molar-refractivity contribution is 5.80. The molecular weight excluding hydrogens is 404 g/mol. The lowest BCUT2D eigenvalue weighted by Crippen LogP contribution is -2.45. The van der Waals surface area contributed by atoms with Gasteiger partial charge in [0.1, 0.15) is 5.82 Å². The van der Waals surface area contributed by atoms with Crippen LogP contribution < -0.4 is 10.6 Å². The van der Waals surface area contributed by atoms with E-state index in [1.54, 1.807) is 0 Å². The SMILES string of the molecule is Cc1cn2nc([C@@H]3CCCCN3C(=O)C3CC(O)CCC3C)cc2nc1N1CC[C@H](N)C1. The summed E-state index contributed by atoms with van der Waals surface area (Å²) in [7, 11) is 0. The Morgan fingerprint density at radius 3 is 2.81 bits per heavy atom. The first-order chi connectivity index (χ1) is 15.4. The van der Waals surface area contributed by atoms with Gasteiger partial charge in [0.25, 0.3) is 0 Å². The van der Waals surface area contributed by atoms with Crippen LogP contribution in [0.15, 0.2) is 12.3 Å². The molecule has 3 fully saturated rings. The molecule has 3 unspecified atom stereocenters. The highest BCUT2D eigenvalue weighted by Gasteiger charge is 2.38. The van der Waals surface area contributed by atoms with Crippen molar-refractivity contribution in [2.75, 3.05) is 24.5 Å². The van der Waals surface area contributed by atoms with Gasteiger partial charge in [0.15, 0.2) is 5.65 Å². The Bertz CT molecular complexity index is 990. The van der Waals surface area contributed by atoms with Gasteiger partial charge in [-0.15, -0.1) is 0 Å². The van der Waals surface area contributed by atoms with Gasteiger partial charge >= 0.3 is 0 Å². The van der Waals surface area contributed by atoms with E-state index in [-0.39, 0.29) is 30.0 Å². The summed E-state index contributed by atoms with van der Waals surface area (Å²) < 4.78 is 1.86. The molecule has 0 aromatic carbocycles. The number of aromatic nitrogens is 3. The normalized spacial score (nSPS) is 31.4. The number of aliphatic hydroxyl groups excluding tert-OH is 1. The van der Waals surface area contributed by atoms with Crippen molar-refractivity contribution < 1.29 is 9.90 Å². The van der Waals surface area contributed by atoms with Crippen LogP contribution in [0.4, 0.5) is 5.82 Å². The molecule has 2 aromatic rings. The van der Waals surface area contributed by atoms with E-state index in [0.717, 1.165) is 80.9 Å². The van der Waals surface area contributed by atoms with Crippen molar-refractivity contribution in [2.45, 2.75) is 77.0 Å². The van der Waals surface area contributed by atoms with Gasteiger partial charge in [-0.05, 0) is 57.8 Å². The van der Waals surface area contributed by atoms with E-state index in [2.05, 4.69) is 18.7 Å². The molecule has 174 valence electrons. The number of aryl methyl sites for hydroxylation is 1. The molecule has 5 atom stereocenters. The second-order valence-electron chi connectivity index (χ2n) is 10.2. The summed E-state index contributed by atoms with van der Waals surface area (Å²) in [6.07, 6.45) is 8.01. The van der Waals surface area contributed by atoms with Gasteiger partial charge in [0.2, 0.25) is 5.91 Å². The molecule has 3 N–H and O–H groups in total. The van der Waals surface area contributed by atoms with Crippen molar-refractivity contribution in [3.8, 4) is 0 Å². The minimum absolute atomic E-state index is 0.0202. The largest absolute Gasteiger partial charge is 0.393 e. The van der Waals surface area contributed by atoms with Crippen LogP contribution in [0.5, 0.6) is 0 Å². The third kappa shape index (κ3) is 3.99. The van der Waals surface area contributed by atoms with Gasteiger partial charge < -0.3 is 20.6 Å². The van der Waals surface area contributed by atoms with Crippen LogP contribution in [0.3, 0.4) is 0 Å². The average Bonchev–Trinajstić information content (AvgIpc) is 3.40. The van der Waals surface area contributed by atoms with Crippen molar-refractivity contribution in [1.29, 1.82) is 0 Å². The fraction of sp³-hybridized carbons (Fsp3) is 0.708. The van der Waals surface area contributed by atoms with Gasteiger partial charge in [-0.1, -0.05) is 6.92 Å². The van der Waals surface area contributed by atoms with E-state index < -0.39 is 0 Å². The number of carbonyl (C=O) groups excluding carboxylic acids is 1. The lowest BCUT2D eigenvalue weighted by molar-refractivity contribution is -0.144. The van der Waals surface area contributed by atoms with Crippen molar-refractivity contribution in [3.05, 3.63) is 23.5 Å². The van der Waals surface area contributed by atoms with E-state index in [1.165, 1.54) is 0 Å². The second-order valence-corrected chi connectivity index (χ2v) is 10.2. The van der Waals surface area contributed by atoms with Crippen molar-refractivity contribution in [1.82, 2.24) is 19.5 Å². The fourth-order valence-electron chi connectivity index (χ4n) is 5.84. The number of fused-ring (bicyclic) bond motifs is 1. The first-order valence-corrected chi connectivity index (χ1v) is 12.3. The number of hydrogen-bond donors (Lipinski definition) is 2. The molecule has 8 nitrogen and oxygen atoms in total. The monoisotopic (exact) mass is 440 g/mol. The molecule has 5 rings (SSSR count). The Balaban J connectivity index is 1.43. The molecule has 0 radical (unpaired) electrons. The number of amides is 1. The maximum atomic E-state index is 13.6. The predicted molar refractivity (Wildman–Crippen MR) is 123 cm³/mol. The Morgan fingerprint density at radius 2 is 2.03 bits per heavy atom. The summed E-state index contributed by atoms with van der Waals surface area (Å²) >= 11 is 0. The Hall–Kier alpha value is -2.19. The number of anilines is 1. The van der Waals surface area contributed by atoms with Crippen molar-refractivity contribution >= 4 is 17.4 Å². The van der Waals surface area contributed by atoms with E-state index in [9.17, 15) is 9.90 Å². The Morgan fingerprint density at radius 1 is 1.19 bits per heavy atom. The number of hydrogen-bond acceptors (Lipinski definition) is 6. The number of nitrogens with two attached hydrogens (primary N) is 1. The number of piperidine rings is 1. The maximum absolute atomic E-state index is 13.6. The third-order valence-electron chi connectivity index (χ3n) is 7.76. The topological polar surface area (TPSA) is 100.0 Å². The third-order valence-corrected chi connectivity index (χ3v) is 7.76. The average molecular weight is 441 g/mol.